The SMILES string of the molecule is CC(C)(C)OCC(=O)Nc1ccc(C(N)=O)c(Cl)c1. The van der Waals surface area contributed by atoms with Crippen LogP contribution in [0.4, 0.5) is 5.69 Å². The summed E-state index contributed by atoms with van der Waals surface area (Å²) >= 11 is 5.87. The smallest absolute Gasteiger partial charge is 0.250 e. The van der Waals surface area contributed by atoms with Crippen LogP contribution < -0.4 is 11.1 Å². The second-order valence-corrected chi connectivity index (χ2v) is 5.42. The van der Waals surface area contributed by atoms with E-state index in [-0.39, 0.29) is 28.7 Å². The fourth-order valence-corrected chi connectivity index (χ4v) is 1.55. The molecule has 5 nitrogen and oxygen atoms in total. The highest BCUT2D eigenvalue weighted by Crippen LogP contribution is 2.20. The minimum absolute atomic E-state index is 0.0569. The number of carbonyl (C=O) groups is 2. The first-order valence-corrected chi connectivity index (χ1v) is 6.10. The number of primary amides is 1. The van der Waals surface area contributed by atoms with Gasteiger partial charge in [-0.2, -0.15) is 0 Å². The summed E-state index contributed by atoms with van der Waals surface area (Å²) in [6.45, 7) is 5.52. The second kappa shape index (κ2) is 6.04. The van der Waals surface area contributed by atoms with Crippen molar-refractivity contribution >= 4 is 29.1 Å². The maximum Gasteiger partial charge on any atom is 0.250 e. The molecule has 0 aromatic heterocycles. The monoisotopic (exact) mass is 284 g/mol. The van der Waals surface area contributed by atoms with Crippen molar-refractivity contribution in [3.63, 3.8) is 0 Å². The summed E-state index contributed by atoms with van der Waals surface area (Å²) in [5, 5.41) is 2.82. The highest BCUT2D eigenvalue weighted by molar-refractivity contribution is 6.34. The Labute approximate surface area is 117 Å². The summed E-state index contributed by atoms with van der Waals surface area (Å²) in [5.74, 6) is -0.906. The maximum absolute atomic E-state index is 11.6. The average molecular weight is 285 g/mol. The van der Waals surface area contributed by atoms with Gasteiger partial charge in [0.1, 0.15) is 6.61 Å². The number of amides is 2. The lowest BCUT2D eigenvalue weighted by molar-refractivity contribution is -0.125. The second-order valence-electron chi connectivity index (χ2n) is 5.01. The largest absolute Gasteiger partial charge is 0.366 e. The molecule has 0 bridgehead atoms. The van der Waals surface area contributed by atoms with Gasteiger partial charge in [-0.3, -0.25) is 9.59 Å². The Hall–Kier alpha value is -1.59. The lowest BCUT2D eigenvalue weighted by atomic mass is 10.2. The molecule has 104 valence electrons. The number of ether oxygens (including phenoxy) is 1. The molecule has 1 aromatic carbocycles. The molecule has 6 heteroatoms. The molecule has 0 spiro atoms. The van der Waals surface area contributed by atoms with E-state index in [9.17, 15) is 9.59 Å². The average Bonchev–Trinajstić information content (AvgIpc) is 2.25. The number of hydrogen-bond donors (Lipinski definition) is 2. The summed E-state index contributed by atoms with van der Waals surface area (Å²) in [7, 11) is 0. The molecule has 19 heavy (non-hydrogen) atoms. The van der Waals surface area contributed by atoms with Crippen molar-refractivity contribution in [1.82, 2.24) is 0 Å². The Balaban J connectivity index is 2.65. The molecule has 0 atom stereocenters. The topological polar surface area (TPSA) is 81.4 Å². The number of anilines is 1. The van der Waals surface area contributed by atoms with E-state index in [1.807, 2.05) is 20.8 Å². The van der Waals surface area contributed by atoms with Crippen molar-refractivity contribution in [2.45, 2.75) is 26.4 Å². The molecule has 1 aromatic rings. The maximum atomic E-state index is 11.6. The van der Waals surface area contributed by atoms with Crippen molar-refractivity contribution in [3.8, 4) is 0 Å². The van der Waals surface area contributed by atoms with Crippen molar-refractivity contribution in [2.24, 2.45) is 5.73 Å². The quantitative estimate of drug-likeness (QED) is 0.889. The predicted molar refractivity (Wildman–Crippen MR) is 74.3 cm³/mol. The molecule has 0 radical (unpaired) electrons. The third-order valence-corrected chi connectivity index (χ3v) is 2.47. The minimum atomic E-state index is -0.612. The van der Waals surface area contributed by atoms with Gasteiger partial charge in [0.15, 0.2) is 0 Å². The van der Waals surface area contributed by atoms with E-state index in [0.29, 0.717) is 5.69 Å². The van der Waals surface area contributed by atoms with Gasteiger partial charge in [-0.15, -0.1) is 0 Å². The standard InChI is InChI=1S/C13H17ClN2O3/c1-13(2,3)19-7-11(17)16-8-4-5-9(12(15)18)10(14)6-8/h4-6H,7H2,1-3H3,(H2,15,18)(H,16,17). The van der Waals surface area contributed by atoms with E-state index in [4.69, 9.17) is 22.1 Å². The number of hydrogen-bond acceptors (Lipinski definition) is 3. The molecule has 3 N–H and O–H groups in total. The molecule has 1 rings (SSSR count). The van der Waals surface area contributed by atoms with Gasteiger partial charge in [0.05, 0.1) is 16.2 Å². The van der Waals surface area contributed by atoms with Gasteiger partial charge in [-0.05, 0) is 39.0 Å². The van der Waals surface area contributed by atoms with E-state index in [0.717, 1.165) is 0 Å². The van der Waals surface area contributed by atoms with Crippen LogP contribution in [-0.2, 0) is 9.53 Å². The third kappa shape index (κ3) is 5.28. The van der Waals surface area contributed by atoms with Gasteiger partial charge in [-0.1, -0.05) is 11.6 Å². The zero-order valence-electron chi connectivity index (χ0n) is 11.1. The summed E-state index contributed by atoms with van der Waals surface area (Å²) in [4.78, 5) is 22.6. The highest BCUT2D eigenvalue weighted by atomic mass is 35.5. The normalized spacial score (nSPS) is 11.2. The van der Waals surface area contributed by atoms with E-state index in [1.54, 1.807) is 6.07 Å². The van der Waals surface area contributed by atoms with Gasteiger partial charge in [0, 0.05) is 5.69 Å². The zero-order chi connectivity index (χ0) is 14.6. The molecular formula is C13H17ClN2O3. The Morgan fingerprint density at radius 2 is 2.00 bits per heavy atom. The van der Waals surface area contributed by atoms with Crippen LogP contribution >= 0.6 is 11.6 Å². The molecule has 0 saturated carbocycles. The van der Waals surface area contributed by atoms with E-state index < -0.39 is 5.91 Å². The lowest BCUT2D eigenvalue weighted by Crippen LogP contribution is -2.27. The van der Waals surface area contributed by atoms with Crippen LogP contribution in [0.5, 0.6) is 0 Å². The van der Waals surface area contributed by atoms with Crippen LogP contribution in [0.3, 0.4) is 0 Å². The van der Waals surface area contributed by atoms with Crippen molar-refractivity contribution in [2.75, 3.05) is 11.9 Å². The summed E-state index contributed by atoms with van der Waals surface area (Å²) in [6, 6.07) is 4.49. The van der Waals surface area contributed by atoms with Gasteiger partial charge < -0.3 is 15.8 Å². The number of nitrogens with two attached hydrogens (primary N) is 1. The molecule has 0 aliphatic rings. The van der Waals surface area contributed by atoms with E-state index >= 15 is 0 Å². The molecule has 0 aliphatic heterocycles. The van der Waals surface area contributed by atoms with Crippen molar-refractivity contribution in [3.05, 3.63) is 28.8 Å². The van der Waals surface area contributed by atoms with Crippen LogP contribution in [0, 0.1) is 0 Å². The Morgan fingerprint density at radius 1 is 1.37 bits per heavy atom. The highest BCUT2D eigenvalue weighted by Gasteiger charge is 2.13. The molecule has 2 amide bonds. The molecule has 0 unspecified atom stereocenters. The molecule has 0 saturated heterocycles. The van der Waals surface area contributed by atoms with Gasteiger partial charge in [-0.25, -0.2) is 0 Å². The molecule has 0 fully saturated rings. The van der Waals surface area contributed by atoms with Gasteiger partial charge in [0.2, 0.25) is 11.8 Å². The first-order chi connectivity index (χ1) is 8.69. The lowest BCUT2D eigenvalue weighted by Gasteiger charge is -2.19. The molecule has 0 heterocycles. The third-order valence-electron chi connectivity index (χ3n) is 2.15. The minimum Gasteiger partial charge on any atom is -0.366 e. The number of carbonyl (C=O) groups excluding carboxylic acids is 2. The zero-order valence-corrected chi connectivity index (χ0v) is 11.9. The van der Waals surface area contributed by atoms with Crippen LogP contribution in [-0.4, -0.2) is 24.0 Å². The van der Waals surface area contributed by atoms with Crippen molar-refractivity contribution in [1.29, 1.82) is 0 Å². The predicted octanol–water partition coefficient (Wildman–Crippen LogP) is 2.19. The van der Waals surface area contributed by atoms with Crippen LogP contribution in [0.15, 0.2) is 18.2 Å². The first kappa shape index (κ1) is 15.5. The van der Waals surface area contributed by atoms with E-state index in [1.165, 1.54) is 12.1 Å². The Kier molecular flexibility index (Phi) is 4.91. The van der Waals surface area contributed by atoms with Crippen LogP contribution in [0.2, 0.25) is 5.02 Å². The molecular weight excluding hydrogens is 268 g/mol. The van der Waals surface area contributed by atoms with Gasteiger partial charge in [0.25, 0.3) is 0 Å². The Bertz CT molecular complexity index is 495. The van der Waals surface area contributed by atoms with Crippen molar-refractivity contribution < 1.29 is 14.3 Å². The van der Waals surface area contributed by atoms with Crippen LogP contribution in [0.1, 0.15) is 31.1 Å². The van der Waals surface area contributed by atoms with Gasteiger partial charge >= 0.3 is 0 Å². The Morgan fingerprint density at radius 3 is 2.47 bits per heavy atom. The summed E-state index contributed by atoms with van der Waals surface area (Å²) in [6.07, 6.45) is 0. The van der Waals surface area contributed by atoms with Crippen LogP contribution in [0.25, 0.3) is 0 Å². The number of rotatable bonds is 4. The summed E-state index contributed by atoms with van der Waals surface area (Å²) < 4.78 is 5.34. The first-order valence-electron chi connectivity index (χ1n) is 5.72. The van der Waals surface area contributed by atoms with E-state index in [2.05, 4.69) is 5.32 Å². The molecule has 0 aliphatic carbocycles. The number of nitrogens with one attached hydrogen (secondary N) is 1. The number of halogens is 1. The number of benzene rings is 1. The fraction of sp³-hybridized carbons (Fsp3) is 0.385. The summed E-state index contributed by atoms with van der Waals surface area (Å²) in [5.41, 5.74) is 5.44. The fourth-order valence-electron chi connectivity index (χ4n) is 1.27.